The molecule has 0 rings (SSSR count). The molecular formula is C11H23N3O3. The minimum atomic E-state index is -0.517. The molecule has 0 unspecified atom stereocenters. The van der Waals surface area contributed by atoms with Crippen molar-refractivity contribution in [2.45, 2.75) is 25.8 Å². The Morgan fingerprint density at radius 1 is 1.47 bits per heavy atom. The van der Waals surface area contributed by atoms with Crippen LogP contribution in [0.1, 0.15) is 19.8 Å². The first-order valence-corrected chi connectivity index (χ1v) is 5.79. The molecule has 0 saturated carbocycles. The van der Waals surface area contributed by atoms with Gasteiger partial charge in [0.15, 0.2) is 0 Å². The Labute approximate surface area is 102 Å². The van der Waals surface area contributed by atoms with Crippen molar-refractivity contribution in [3.8, 4) is 0 Å². The topological polar surface area (TPSA) is 84.7 Å². The summed E-state index contributed by atoms with van der Waals surface area (Å²) in [5.74, 6) is -0.407. The SMILES string of the molecule is CCC[C@H](N)C(=O)N(C)CC(=O)NCCOC. The second-order valence-corrected chi connectivity index (χ2v) is 3.93. The van der Waals surface area contributed by atoms with Gasteiger partial charge in [0, 0.05) is 20.7 Å². The number of amides is 2. The quantitative estimate of drug-likeness (QED) is 0.556. The maximum Gasteiger partial charge on any atom is 0.239 e. The number of ether oxygens (including phenoxy) is 1. The Bertz CT molecular complexity index is 246. The van der Waals surface area contributed by atoms with E-state index in [1.54, 1.807) is 14.2 Å². The molecule has 3 N–H and O–H groups in total. The summed E-state index contributed by atoms with van der Waals surface area (Å²) in [6, 6.07) is -0.517. The van der Waals surface area contributed by atoms with Crippen LogP contribution in [0.5, 0.6) is 0 Å². The molecule has 0 aliphatic carbocycles. The first kappa shape index (κ1) is 15.9. The van der Waals surface area contributed by atoms with Gasteiger partial charge in [-0.3, -0.25) is 9.59 Å². The summed E-state index contributed by atoms with van der Waals surface area (Å²) in [6.45, 7) is 2.89. The molecule has 0 aliphatic heterocycles. The third-order valence-corrected chi connectivity index (χ3v) is 2.30. The van der Waals surface area contributed by atoms with E-state index in [0.717, 1.165) is 6.42 Å². The van der Waals surface area contributed by atoms with Crippen LogP contribution in [-0.4, -0.2) is 56.6 Å². The second kappa shape index (κ2) is 8.95. The van der Waals surface area contributed by atoms with Crippen LogP contribution in [0.3, 0.4) is 0 Å². The van der Waals surface area contributed by atoms with Crippen molar-refractivity contribution in [3.63, 3.8) is 0 Å². The van der Waals surface area contributed by atoms with Gasteiger partial charge in [0.25, 0.3) is 0 Å². The van der Waals surface area contributed by atoms with Crippen LogP contribution >= 0.6 is 0 Å². The number of hydrogen-bond donors (Lipinski definition) is 2. The van der Waals surface area contributed by atoms with Crippen molar-refractivity contribution in [2.75, 3.05) is 33.9 Å². The van der Waals surface area contributed by atoms with Gasteiger partial charge in [0.2, 0.25) is 11.8 Å². The molecule has 100 valence electrons. The first-order chi connectivity index (χ1) is 8.02. The molecule has 0 saturated heterocycles. The summed E-state index contributed by atoms with van der Waals surface area (Å²) in [7, 11) is 3.14. The molecule has 0 radical (unpaired) electrons. The van der Waals surface area contributed by atoms with Gasteiger partial charge in [-0.25, -0.2) is 0 Å². The second-order valence-electron chi connectivity index (χ2n) is 3.93. The van der Waals surface area contributed by atoms with E-state index in [0.29, 0.717) is 19.6 Å². The lowest BCUT2D eigenvalue weighted by atomic mass is 10.1. The van der Waals surface area contributed by atoms with E-state index < -0.39 is 6.04 Å². The van der Waals surface area contributed by atoms with Crippen LogP contribution in [-0.2, 0) is 14.3 Å². The number of likely N-dealkylation sites (N-methyl/N-ethyl adjacent to an activating group) is 1. The smallest absolute Gasteiger partial charge is 0.239 e. The van der Waals surface area contributed by atoms with Crippen LogP contribution in [0.15, 0.2) is 0 Å². The zero-order valence-corrected chi connectivity index (χ0v) is 10.9. The number of nitrogens with two attached hydrogens (primary N) is 1. The van der Waals surface area contributed by atoms with Crippen molar-refractivity contribution < 1.29 is 14.3 Å². The van der Waals surface area contributed by atoms with Crippen LogP contribution in [0.4, 0.5) is 0 Å². The van der Waals surface area contributed by atoms with E-state index in [-0.39, 0.29) is 18.4 Å². The van der Waals surface area contributed by atoms with Gasteiger partial charge < -0.3 is 20.7 Å². The highest BCUT2D eigenvalue weighted by Gasteiger charge is 2.18. The zero-order chi connectivity index (χ0) is 13.3. The average Bonchev–Trinajstić information content (AvgIpc) is 2.28. The largest absolute Gasteiger partial charge is 0.383 e. The molecule has 17 heavy (non-hydrogen) atoms. The van der Waals surface area contributed by atoms with E-state index in [9.17, 15) is 9.59 Å². The molecule has 0 aromatic carbocycles. The first-order valence-electron chi connectivity index (χ1n) is 5.79. The van der Waals surface area contributed by atoms with Crippen LogP contribution in [0, 0.1) is 0 Å². The Balaban J connectivity index is 3.94. The maximum atomic E-state index is 11.7. The van der Waals surface area contributed by atoms with E-state index in [4.69, 9.17) is 10.5 Å². The summed E-state index contributed by atoms with van der Waals surface area (Å²) in [5, 5.41) is 2.64. The Morgan fingerprint density at radius 3 is 2.65 bits per heavy atom. The molecule has 6 nitrogen and oxygen atoms in total. The number of carbonyl (C=O) groups is 2. The molecule has 0 aromatic rings. The van der Waals surface area contributed by atoms with Gasteiger partial charge >= 0.3 is 0 Å². The summed E-state index contributed by atoms with van der Waals surface area (Å²) in [5.41, 5.74) is 5.68. The van der Waals surface area contributed by atoms with E-state index in [1.165, 1.54) is 4.90 Å². The van der Waals surface area contributed by atoms with Gasteiger partial charge in [-0.2, -0.15) is 0 Å². The van der Waals surface area contributed by atoms with Gasteiger partial charge in [-0.05, 0) is 6.42 Å². The summed E-state index contributed by atoms with van der Waals surface area (Å²) in [4.78, 5) is 24.5. The molecule has 0 aromatic heterocycles. The molecule has 0 aliphatic rings. The number of nitrogens with one attached hydrogen (secondary N) is 1. The van der Waals surface area contributed by atoms with Crippen molar-refractivity contribution in [2.24, 2.45) is 5.73 Å². The maximum absolute atomic E-state index is 11.7. The highest BCUT2D eigenvalue weighted by atomic mass is 16.5. The third-order valence-electron chi connectivity index (χ3n) is 2.30. The van der Waals surface area contributed by atoms with Crippen LogP contribution in [0.25, 0.3) is 0 Å². The van der Waals surface area contributed by atoms with E-state index in [1.807, 2.05) is 6.92 Å². The fourth-order valence-corrected chi connectivity index (χ4v) is 1.36. The number of carbonyl (C=O) groups excluding carboxylic acids is 2. The summed E-state index contributed by atoms with van der Waals surface area (Å²) >= 11 is 0. The normalized spacial score (nSPS) is 12.0. The molecule has 6 heteroatoms. The Hall–Kier alpha value is -1.14. The fraction of sp³-hybridized carbons (Fsp3) is 0.818. The number of rotatable bonds is 8. The third kappa shape index (κ3) is 6.91. The van der Waals surface area contributed by atoms with Gasteiger partial charge in [-0.15, -0.1) is 0 Å². The van der Waals surface area contributed by atoms with E-state index in [2.05, 4.69) is 5.32 Å². The standard InChI is InChI=1S/C11H23N3O3/c1-4-5-9(12)11(16)14(2)8-10(15)13-6-7-17-3/h9H,4-8,12H2,1-3H3,(H,13,15)/t9-/m0/s1. The summed E-state index contributed by atoms with van der Waals surface area (Å²) < 4.78 is 4.80. The van der Waals surface area contributed by atoms with Gasteiger partial charge in [-0.1, -0.05) is 13.3 Å². The van der Waals surface area contributed by atoms with Crippen molar-refractivity contribution in [3.05, 3.63) is 0 Å². The van der Waals surface area contributed by atoms with E-state index >= 15 is 0 Å². The molecule has 0 fully saturated rings. The van der Waals surface area contributed by atoms with Crippen molar-refractivity contribution >= 4 is 11.8 Å². The lowest BCUT2D eigenvalue weighted by molar-refractivity contribution is -0.135. The highest BCUT2D eigenvalue weighted by Crippen LogP contribution is 1.97. The van der Waals surface area contributed by atoms with Crippen LogP contribution < -0.4 is 11.1 Å². The highest BCUT2D eigenvalue weighted by molar-refractivity contribution is 5.87. The molecule has 0 bridgehead atoms. The minimum Gasteiger partial charge on any atom is -0.383 e. The van der Waals surface area contributed by atoms with Crippen molar-refractivity contribution in [1.82, 2.24) is 10.2 Å². The lowest BCUT2D eigenvalue weighted by Crippen LogP contribution is -2.46. The summed E-state index contributed by atoms with van der Waals surface area (Å²) in [6.07, 6.45) is 1.48. The number of methoxy groups -OCH3 is 1. The number of hydrogen-bond acceptors (Lipinski definition) is 4. The molecule has 0 heterocycles. The monoisotopic (exact) mass is 245 g/mol. The van der Waals surface area contributed by atoms with Crippen LogP contribution in [0.2, 0.25) is 0 Å². The molecule has 2 amide bonds. The average molecular weight is 245 g/mol. The Kier molecular flexibility index (Phi) is 8.35. The predicted molar refractivity (Wildman–Crippen MR) is 65.4 cm³/mol. The van der Waals surface area contributed by atoms with Gasteiger partial charge in [0.05, 0.1) is 19.2 Å². The fourth-order valence-electron chi connectivity index (χ4n) is 1.36. The lowest BCUT2D eigenvalue weighted by Gasteiger charge is -2.20. The predicted octanol–water partition coefficient (Wildman–Crippen LogP) is -0.665. The molecule has 1 atom stereocenters. The molecule has 0 spiro atoms. The Morgan fingerprint density at radius 2 is 2.12 bits per heavy atom. The zero-order valence-electron chi connectivity index (χ0n) is 10.9. The number of nitrogens with zero attached hydrogens (tertiary/aromatic N) is 1. The molecular weight excluding hydrogens is 222 g/mol. The van der Waals surface area contributed by atoms with Crippen molar-refractivity contribution in [1.29, 1.82) is 0 Å². The minimum absolute atomic E-state index is 0.0277. The van der Waals surface area contributed by atoms with Gasteiger partial charge in [0.1, 0.15) is 0 Å².